The zero-order valence-corrected chi connectivity index (χ0v) is 43.3. The molecule has 0 aromatic carbocycles. The molecule has 65 heavy (non-hydrogen) atoms. The number of phosphoric ester groups is 1. The third-order valence-electron chi connectivity index (χ3n) is 10.6. The van der Waals surface area contributed by atoms with Crippen LogP contribution in [0.3, 0.4) is 0 Å². The summed E-state index contributed by atoms with van der Waals surface area (Å²) in [6, 6.07) is 0. The third kappa shape index (κ3) is 52.3. The van der Waals surface area contributed by atoms with Gasteiger partial charge in [-0.15, -0.1) is 0 Å². The molecule has 0 fully saturated rings. The Morgan fingerprint density at radius 1 is 0.492 bits per heavy atom. The summed E-state index contributed by atoms with van der Waals surface area (Å²) in [5.74, 6) is -0.355. The van der Waals surface area contributed by atoms with Gasteiger partial charge in [0.2, 0.25) is 0 Å². The lowest BCUT2D eigenvalue weighted by atomic mass is 10.1. The Labute approximate surface area is 400 Å². The minimum Gasteiger partial charge on any atom is -0.756 e. The number of allylic oxidation sites excluding steroid dienone is 16. The molecule has 9 heteroatoms. The van der Waals surface area contributed by atoms with Crippen LogP contribution in [0.5, 0.6) is 0 Å². The summed E-state index contributed by atoms with van der Waals surface area (Å²) in [4.78, 5) is 25.2. The Bertz CT molecular complexity index is 1360. The maximum atomic E-state index is 12.7. The molecule has 0 aliphatic rings. The normalized spacial score (nSPS) is 14.4. The first kappa shape index (κ1) is 62.4. The fraction of sp³-hybridized carbons (Fsp3) is 0.696. The van der Waals surface area contributed by atoms with E-state index in [2.05, 4.69) is 111 Å². The van der Waals surface area contributed by atoms with Crippen molar-refractivity contribution in [3.05, 3.63) is 97.2 Å². The molecular weight excluding hydrogens is 830 g/mol. The number of likely N-dealkylation sites (N-methyl/N-ethyl adjacent to an activating group) is 1. The van der Waals surface area contributed by atoms with Crippen LogP contribution in [0.1, 0.15) is 194 Å². The highest BCUT2D eigenvalue weighted by Crippen LogP contribution is 2.38. The Morgan fingerprint density at radius 2 is 0.892 bits per heavy atom. The van der Waals surface area contributed by atoms with E-state index in [4.69, 9.17) is 18.5 Å². The number of nitrogens with zero attached hydrogens (tertiary/aromatic N) is 1. The molecule has 0 aromatic heterocycles. The predicted molar refractivity (Wildman–Crippen MR) is 277 cm³/mol. The van der Waals surface area contributed by atoms with Gasteiger partial charge in [0.05, 0.1) is 34.4 Å². The average molecular weight is 928 g/mol. The van der Waals surface area contributed by atoms with Crippen LogP contribution in [0.25, 0.3) is 0 Å². The highest BCUT2D eigenvalue weighted by molar-refractivity contribution is 7.45. The Hall–Kier alpha value is -2.58. The molecule has 2 atom stereocenters. The number of unbranched alkanes of at least 4 members (excludes halogenated alkanes) is 17. The average Bonchev–Trinajstić information content (AvgIpc) is 3.27. The lowest BCUT2D eigenvalue weighted by Gasteiger charge is -2.28. The summed E-state index contributed by atoms with van der Waals surface area (Å²) < 4.78 is 34.7. The first-order chi connectivity index (χ1) is 31.6. The zero-order valence-electron chi connectivity index (χ0n) is 42.4. The van der Waals surface area contributed by atoms with Crippen molar-refractivity contribution in [3.63, 3.8) is 0 Å². The number of esters is 1. The Kier molecular flexibility index (Phi) is 46.0. The van der Waals surface area contributed by atoms with E-state index in [-0.39, 0.29) is 25.8 Å². The molecule has 0 N–H and O–H groups in total. The highest BCUT2D eigenvalue weighted by atomic mass is 31.2. The topological polar surface area (TPSA) is 94.1 Å². The van der Waals surface area contributed by atoms with E-state index >= 15 is 0 Å². The second-order valence-electron chi connectivity index (χ2n) is 18.1. The molecule has 0 spiro atoms. The molecule has 0 radical (unpaired) electrons. The fourth-order valence-electron chi connectivity index (χ4n) is 6.64. The number of hydrogen-bond acceptors (Lipinski definition) is 7. The minimum atomic E-state index is -4.55. The molecular formula is C56H98NO7P. The monoisotopic (exact) mass is 928 g/mol. The van der Waals surface area contributed by atoms with Crippen LogP contribution >= 0.6 is 7.82 Å². The molecule has 0 amide bonds. The quantitative estimate of drug-likeness (QED) is 0.0197. The standard InChI is InChI=1S/C56H98NO7P/c1-6-8-10-12-14-16-18-20-22-24-26-27-28-29-30-32-34-36-38-40-42-44-46-48-51-61-53-55(54-63-65(59,60)62-52-50-57(3,4)5)64-56(58)49-47-45-43-41-39-37-35-33-31-25-23-21-19-17-15-13-11-9-7-2/h8,10,14,16,20-23,26-27,29-30,34,36,40,42,55H,6-7,9,11-13,15,17-19,24-25,28,31-33,35,37-39,41,43-54H2,1-5H3/b10-8-,16-14-,22-20-,23-21-,27-26-,30-29-,36-34-,42-40-. The first-order valence-electron chi connectivity index (χ1n) is 26.0. The van der Waals surface area contributed by atoms with Gasteiger partial charge in [-0.1, -0.05) is 188 Å². The van der Waals surface area contributed by atoms with Gasteiger partial charge in [0.25, 0.3) is 7.82 Å². The van der Waals surface area contributed by atoms with Crippen molar-refractivity contribution in [1.82, 2.24) is 0 Å². The second-order valence-corrected chi connectivity index (χ2v) is 19.6. The van der Waals surface area contributed by atoms with Crippen LogP contribution in [-0.2, 0) is 27.9 Å². The number of hydrogen-bond donors (Lipinski definition) is 0. The van der Waals surface area contributed by atoms with Gasteiger partial charge in [-0.25, -0.2) is 0 Å². The van der Waals surface area contributed by atoms with Gasteiger partial charge < -0.3 is 27.9 Å². The maximum absolute atomic E-state index is 12.7. The largest absolute Gasteiger partial charge is 0.756 e. The Balaban J connectivity index is 4.27. The van der Waals surface area contributed by atoms with Crippen LogP contribution in [0.4, 0.5) is 0 Å². The van der Waals surface area contributed by atoms with E-state index in [0.717, 1.165) is 83.5 Å². The minimum absolute atomic E-state index is 0.0120. The summed E-state index contributed by atoms with van der Waals surface area (Å²) >= 11 is 0. The van der Waals surface area contributed by atoms with Gasteiger partial charge in [0.1, 0.15) is 19.3 Å². The Morgan fingerprint density at radius 3 is 1.35 bits per heavy atom. The van der Waals surface area contributed by atoms with Gasteiger partial charge in [0.15, 0.2) is 0 Å². The first-order valence-corrected chi connectivity index (χ1v) is 27.4. The van der Waals surface area contributed by atoms with Crippen molar-refractivity contribution in [1.29, 1.82) is 0 Å². The van der Waals surface area contributed by atoms with Crippen molar-refractivity contribution < 1.29 is 37.3 Å². The van der Waals surface area contributed by atoms with Crippen molar-refractivity contribution in [3.8, 4) is 0 Å². The number of ether oxygens (including phenoxy) is 2. The number of quaternary nitrogens is 1. The lowest BCUT2D eigenvalue weighted by molar-refractivity contribution is -0.870. The van der Waals surface area contributed by atoms with Crippen LogP contribution < -0.4 is 4.89 Å². The number of rotatable bonds is 47. The molecule has 0 saturated carbocycles. The van der Waals surface area contributed by atoms with Crippen LogP contribution in [0, 0.1) is 0 Å². The van der Waals surface area contributed by atoms with E-state index in [1.165, 1.54) is 89.9 Å². The second kappa shape index (κ2) is 47.9. The molecule has 374 valence electrons. The van der Waals surface area contributed by atoms with Gasteiger partial charge in [-0.3, -0.25) is 9.36 Å². The van der Waals surface area contributed by atoms with E-state index in [9.17, 15) is 14.3 Å². The number of phosphoric acid groups is 1. The molecule has 0 rings (SSSR count). The summed E-state index contributed by atoms with van der Waals surface area (Å²) in [7, 11) is 1.31. The van der Waals surface area contributed by atoms with E-state index in [0.29, 0.717) is 24.1 Å². The fourth-order valence-corrected chi connectivity index (χ4v) is 7.37. The molecule has 0 bridgehead atoms. The van der Waals surface area contributed by atoms with E-state index in [1.54, 1.807) is 0 Å². The molecule has 0 aromatic rings. The van der Waals surface area contributed by atoms with Gasteiger partial charge in [-0.2, -0.15) is 0 Å². The van der Waals surface area contributed by atoms with Crippen molar-refractivity contribution in [2.45, 2.75) is 200 Å². The number of carbonyl (C=O) groups excluding carboxylic acids is 1. The van der Waals surface area contributed by atoms with Crippen LogP contribution in [-0.4, -0.2) is 70.7 Å². The molecule has 8 nitrogen and oxygen atoms in total. The zero-order chi connectivity index (χ0) is 47.6. The molecule has 0 saturated heterocycles. The predicted octanol–water partition coefficient (Wildman–Crippen LogP) is 15.5. The van der Waals surface area contributed by atoms with Crippen molar-refractivity contribution in [2.24, 2.45) is 0 Å². The number of carbonyl (C=O) groups is 1. The van der Waals surface area contributed by atoms with E-state index < -0.39 is 13.9 Å². The molecule has 0 aliphatic carbocycles. The molecule has 2 unspecified atom stereocenters. The highest BCUT2D eigenvalue weighted by Gasteiger charge is 2.20. The van der Waals surface area contributed by atoms with E-state index in [1.807, 2.05) is 21.1 Å². The molecule has 0 aliphatic heterocycles. The maximum Gasteiger partial charge on any atom is 0.306 e. The van der Waals surface area contributed by atoms with Crippen LogP contribution in [0.15, 0.2) is 97.2 Å². The molecule has 0 heterocycles. The smallest absolute Gasteiger partial charge is 0.306 e. The lowest BCUT2D eigenvalue weighted by Crippen LogP contribution is -2.37. The SMILES string of the molecule is CC/C=C\C/C=C\C/C=C\C/C=C\C/C=C\C/C=C\C/C=C\CCCCOCC(COP(=O)([O-])OCC[N+](C)(C)C)OC(=O)CCCCCCCCCCC/C=C\CCCCCCCC. The summed E-state index contributed by atoms with van der Waals surface area (Å²) in [5.41, 5.74) is 0. The van der Waals surface area contributed by atoms with Gasteiger partial charge in [0, 0.05) is 13.0 Å². The summed E-state index contributed by atoms with van der Waals surface area (Å²) in [6.07, 6.45) is 65.8. The summed E-state index contributed by atoms with van der Waals surface area (Å²) in [6.45, 7) is 5.17. The van der Waals surface area contributed by atoms with Gasteiger partial charge in [-0.05, 0) is 96.3 Å². The third-order valence-corrected chi connectivity index (χ3v) is 11.6. The van der Waals surface area contributed by atoms with Crippen molar-refractivity contribution in [2.75, 3.05) is 54.1 Å². The van der Waals surface area contributed by atoms with Crippen molar-refractivity contribution >= 4 is 13.8 Å². The summed E-state index contributed by atoms with van der Waals surface area (Å²) in [5, 5.41) is 0. The van der Waals surface area contributed by atoms with Gasteiger partial charge >= 0.3 is 5.97 Å². The van der Waals surface area contributed by atoms with Crippen LogP contribution in [0.2, 0.25) is 0 Å².